The second-order valence-electron chi connectivity index (χ2n) is 8.42. The summed E-state index contributed by atoms with van der Waals surface area (Å²) in [6, 6.07) is -1.62. The lowest BCUT2D eigenvalue weighted by molar-refractivity contribution is -0.141. The van der Waals surface area contributed by atoms with Gasteiger partial charge in [-0.25, -0.2) is 0 Å². The van der Waals surface area contributed by atoms with E-state index in [1.165, 1.54) is 41.9 Å². The smallest absolute Gasteiger partial charge is 0.307 e. The van der Waals surface area contributed by atoms with Crippen molar-refractivity contribution in [3.8, 4) is 0 Å². The first-order valence-corrected chi connectivity index (χ1v) is 11.2. The summed E-state index contributed by atoms with van der Waals surface area (Å²) in [5.74, 6) is -1.41. The van der Waals surface area contributed by atoms with E-state index in [2.05, 4.69) is 20.1 Å². The minimum absolute atomic E-state index is 0.123. The SMILES string of the molecule is COC(=O)CC(C)(C)NS(=O)(=O)N(C)CC(O)C(C)NC(=O)C(C)NC(=O)CN(C)C. The lowest BCUT2D eigenvalue weighted by Crippen LogP contribution is -2.55. The Morgan fingerprint density at radius 2 is 1.65 bits per heavy atom. The van der Waals surface area contributed by atoms with Crippen LogP contribution in [0, 0.1) is 0 Å². The molecule has 0 radical (unpaired) electrons. The molecule has 0 aliphatic carbocycles. The molecule has 0 saturated heterocycles. The molecule has 0 heterocycles. The van der Waals surface area contributed by atoms with Gasteiger partial charge in [-0.1, -0.05) is 0 Å². The van der Waals surface area contributed by atoms with Gasteiger partial charge in [0.25, 0.3) is 10.2 Å². The number of likely N-dealkylation sites (N-methyl/N-ethyl adjacent to an activating group) is 2. The van der Waals surface area contributed by atoms with Crippen LogP contribution in [0.4, 0.5) is 0 Å². The van der Waals surface area contributed by atoms with Crippen molar-refractivity contribution in [3.63, 3.8) is 0 Å². The molecule has 3 atom stereocenters. The molecule has 0 aliphatic rings. The summed E-state index contributed by atoms with van der Waals surface area (Å²) in [5.41, 5.74) is -1.11. The molecule has 4 N–H and O–H groups in total. The van der Waals surface area contributed by atoms with Gasteiger partial charge in [-0.15, -0.1) is 0 Å². The van der Waals surface area contributed by atoms with Crippen molar-refractivity contribution in [3.05, 3.63) is 0 Å². The summed E-state index contributed by atoms with van der Waals surface area (Å²) in [6.45, 7) is 5.89. The van der Waals surface area contributed by atoms with Crippen molar-refractivity contribution in [2.45, 2.75) is 57.8 Å². The van der Waals surface area contributed by atoms with Crippen molar-refractivity contribution < 1.29 is 32.6 Å². The number of methoxy groups -OCH3 is 1. The van der Waals surface area contributed by atoms with Crippen LogP contribution in [0.3, 0.4) is 0 Å². The lowest BCUT2D eigenvalue weighted by atomic mass is 10.0. The Morgan fingerprint density at radius 3 is 2.13 bits per heavy atom. The van der Waals surface area contributed by atoms with Crippen molar-refractivity contribution in [1.29, 1.82) is 0 Å². The van der Waals surface area contributed by atoms with Crippen molar-refractivity contribution in [2.75, 3.05) is 41.3 Å². The molecule has 0 rings (SSSR count). The van der Waals surface area contributed by atoms with E-state index in [1.54, 1.807) is 19.0 Å². The molecule has 13 heteroatoms. The van der Waals surface area contributed by atoms with E-state index >= 15 is 0 Å². The number of carbonyl (C=O) groups excluding carboxylic acids is 3. The topological polar surface area (TPSA) is 157 Å². The van der Waals surface area contributed by atoms with Gasteiger partial charge < -0.3 is 25.4 Å². The minimum Gasteiger partial charge on any atom is -0.469 e. The van der Waals surface area contributed by atoms with Crippen molar-refractivity contribution in [2.24, 2.45) is 0 Å². The van der Waals surface area contributed by atoms with Crippen LogP contribution in [0.25, 0.3) is 0 Å². The summed E-state index contributed by atoms with van der Waals surface area (Å²) >= 11 is 0. The summed E-state index contributed by atoms with van der Waals surface area (Å²) in [5, 5.41) is 15.4. The van der Waals surface area contributed by atoms with Crippen LogP contribution in [-0.2, 0) is 29.3 Å². The zero-order valence-electron chi connectivity index (χ0n) is 19.6. The standard InChI is InChI=1S/C18H37N5O7S/c1-12(20-17(27)13(2)19-15(25)11-22(5)6)14(24)10-23(7)31(28,29)21-18(3,4)9-16(26)30-8/h12-14,21,24H,9-11H2,1-8H3,(H,19,25)(H,20,27). The second kappa shape index (κ2) is 12.3. The zero-order valence-corrected chi connectivity index (χ0v) is 20.4. The van der Waals surface area contributed by atoms with Gasteiger partial charge in [0.05, 0.1) is 32.2 Å². The Morgan fingerprint density at radius 1 is 1.10 bits per heavy atom. The number of aliphatic hydroxyl groups is 1. The number of hydrogen-bond acceptors (Lipinski definition) is 8. The van der Waals surface area contributed by atoms with Crippen LogP contribution in [0.15, 0.2) is 0 Å². The highest BCUT2D eigenvalue weighted by Gasteiger charge is 2.32. The molecule has 0 aromatic rings. The van der Waals surface area contributed by atoms with Gasteiger partial charge in [0, 0.05) is 19.1 Å². The number of ether oxygens (including phenoxy) is 1. The van der Waals surface area contributed by atoms with Crippen LogP contribution in [0.1, 0.15) is 34.1 Å². The Hall–Kier alpha value is -1.80. The van der Waals surface area contributed by atoms with Gasteiger partial charge in [-0.3, -0.25) is 14.4 Å². The molecule has 0 saturated carbocycles. The third kappa shape index (κ3) is 11.4. The lowest BCUT2D eigenvalue weighted by Gasteiger charge is -2.30. The van der Waals surface area contributed by atoms with Crippen LogP contribution in [0.2, 0.25) is 0 Å². The highest BCUT2D eigenvalue weighted by Crippen LogP contribution is 2.13. The number of nitrogens with zero attached hydrogens (tertiary/aromatic N) is 2. The molecule has 2 amide bonds. The van der Waals surface area contributed by atoms with Gasteiger partial charge >= 0.3 is 5.97 Å². The van der Waals surface area contributed by atoms with Gasteiger partial charge in [0.15, 0.2) is 0 Å². The average molecular weight is 468 g/mol. The first-order chi connectivity index (χ1) is 14.0. The Labute approximate surface area is 184 Å². The number of aliphatic hydroxyl groups excluding tert-OH is 1. The third-order valence-corrected chi connectivity index (χ3v) is 6.03. The van der Waals surface area contributed by atoms with Crippen molar-refractivity contribution in [1.82, 2.24) is 24.6 Å². The first kappa shape index (κ1) is 29.2. The summed E-state index contributed by atoms with van der Waals surface area (Å²) in [6.07, 6.45) is -1.40. The van der Waals surface area contributed by atoms with Gasteiger partial charge in [-0.2, -0.15) is 17.4 Å². The molecule has 0 bridgehead atoms. The number of esters is 1. The molecule has 0 aliphatic heterocycles. The van der Waals surface area contributed by atoms with Crippen LogP contribution in [-0.4, -0.2) is 106 Å². The largest absolute Gasteiger partial charge is 0.469 e. The summed E-state index contributed by atoms with van der Waals surface area (Å²) < 4.78 is 32.9. The molecular weight excluding hydrogens is 430 g/mol. The maximum atomic E-state index is 12.5. The van der Waals surface area contributed by atoms with E-state index in [4.69, 9.17) is 0 Å². The number of nitrogens with one attached hydrogen (secondary N) is 3. The van der Waals surface area contributed by atoms with Gasteiger partial charge in [0.1, 0.15) is 6.04 Å². The fourth-order valence-electron chi connectivity index (χ4n) is 2.50. The fraction of sp³-hybridized carbons (Fsp3) is 0.833. The molecule has 31 heavy (non-hydrogen) atoms. The molecule has 0 spiro atoms. The Balaban J connectivity index is 4.82. The number of rotatable bonds is 13. The van der Waals surface area contributed by atoms with Crippen LogP contribution >= 0.6 is 0 Å². The van der Waals surface area contributed by atoms with Crippen molar-refractivity contribution >= 4 is 28.0 Å². The molecule has 182 valence electrons. The predicted octanol–water partition coefficient (Wildman–Crippen LogP) is -1.97. The minimum atomic E-state index is -4.03. The quantitative estimate of drug-likeness (QED) is 0.227. The highest BCUT2D eigenvalue weighted by atomic mass is 32.2. The van der Waals surface area contributed by atoms with E-state index in [0.29, 0.717) is 0 Å². The molecule has 3 unspecified atom stereocenters. The highest BCUT2D eigenvalue weighted by molar-refractivity contribution is 7.87. The average Bonchev–Trinajstić information content (AvgIpc) is 2.58. The Kier molecular flexibility index (Phi) is 11.6. The molecule has 0 fully saturated rings. The predicted molar refractivity (Wildman–Crippen MR) is 115 cm³/mol. The normalized spacial score (nSPS) is 15.3. The Bertz CT molecular complexity index is 727. The second-order valence-corrected chi connectivity index (χ2v) is 10.2. The summed E-state index contributed by atoms with van der Waals surface area (Å²) in [7, 11) is 1.88. The van der Waals surface area contributed by atoms with Crippen LogP contribution in [0.5, 0.6) is 0 Å². The monoisotopic (exact) mass is 467 g/mol. The zero-order chi connectivity index (χ0) is 24.6. The first-order valence-electron chi connectivity index (χ1n) is 9.75. The maximum Gasteiger partial charge on any atom is 0.307 e. The van der Waals surface area contributed by atoms with E-state index < -0.39 is 45.8 Å². The molecular formula is C18H37N5O7S. The molecule has 12 nitrogen and oxygen atoms in total. The van der Waals surface area contributed by atoms with Gasteiger partial charge in [-0.05, 0) is 41.8 Å². The summed E-state index contributed by atoms with van der Waals surface area (Å²) in [4.78, 5) is 37.1. The molecule has 0 aromatic carbocycles. The van der Waals surface area contributed by atoms with Crippen LogP contribution < -0.4 is 15.4 Å². The van der Waals surface area contributed by atoms with Gasteiger partial charge in [0.2, 0.25) is 11.8 Å². The van der Waals surface area contributed by atoms with E-state index in [1.807, 2.05) is 0 Å². The molecule has 0 aromatic heterocycles. The van der Waals surface area contributed by atoms with E-state index in [-0.39, 0.29) is 25.4 Å². The fourth-order valence-corrected chi connectivity index (χ4v) is 3.78. The number of amides is 2. The third-order valence-electron chi connectivity index (χ3n) is 4.25. The van der Waals surface area contributed by atoms with E-state index in [0.717, 1.165) is 4.31 Å². The maximum absolute atomic E-state index is 12.5. The van der Waals surface area contributed by atoms with E-state index in [9.17, 15) is 27.9 Å². The number of carbonyl (C=O) groups is 3. The number of hydrogen-bond donors (Lipinski definition) is 4.